The molecule has 2 saturated heterocycles. The standard InChI is InChI=1S/C18H28N2/c1-2-15-7-9-16(10-8-15)13-20-12-4-5-17(14-20)18-6-3-11-19-18/h7-10,17-19H,2-6,11-14H2,1H3. The lowest BCUT2D eigenvalue weighted by molar-refractivity contribution is 0.145. The number of likely N-dealkylation sites (tertiary alicyclic amines) is 1. The third-order valence-corrected chi connectivity index (χ3v) is 5.05. The summed E-state index contributed by atoms with van der Waals surface area (Å²) in [5.74, 6) is 0.876. The number of aryl methyl sites for hydroxylation is 1. The maximum atomic E-state index is 3.70. The van der Waals surface area contributed by atoms with Crippen molar-refractivity contribution in [1.29, 1.82) is 0 Å². The Morgan fingerprint density at radius 1 is 1.10 bits per heavy atom. The summed E-state index contributed by atoms with van der Waals surface area (Å²) in [5.41, 5.74) is 2.92. The van der Waals surface area contributed by atoms with Crippen LogP contribution in [0.1, 0.15) is 43.7 Å². The second kappa shape index (κ2) is 6.73. The Hall–Kier alpha value is -0.860. The zero-order valence-electron chi connectivity index (χ0n) is 12.8. The molecule has 2 unspecified atom stereocenters. The maximum absolute atomic E-state index is 3.70. The molecular formula is C18H28N2. The molecule has 3 rings (SSSR count). The van der Waals surface area contributed by atoms with Crippen molar-refractivity contribution in [2.24, 2.45) is 5.92 Å². The van der Waals surface area contributed by atoms with Crippen LogP contribution in [0.15, 0.2) is 24.3 Å². The average Bonchev–Trinajstić information content (AvgIpc) is 3.03. The van der Waals surface area contributed by atoms with Gasteiger partial charge in [0.05, 0.1) is 0 Å². The monoisotopic (exact) mass is 272 g/mol. The quantitative estimate of drug-likeness (QED) is 0.905. The van der Waals surface area contributed by atoms with E-state index < -0.39 is 0 Å². The molecule has 0 amide bonds. The van der Waals surface area contributed by atoms with Crippen molar-refractivity contribution in [2.75, 3.05) is 19.6 Å². The summed E-state index contributed by atoms with van der Waals surface area (Å²) < 4.78 is 0. The van der Waals surface area contributed by atoms with E-state index in [1.54, 1.807) is 0 Å². The van der Waals surface area contributed by atoms with E-state index in [2.05, 4.69) is 41.4 Å². The average molecular weight is 272 g/mol. The Bertz CT molecular complexity index is 406. The predicted molar refractivity (Wildman–Crippen MR) is 84.8 cm³/mol. The largest absolute Gasteiger partial charge is 0.314 e. The van der Waals surface area contributed by atoms with Gasteiger partial charge in [0, 0.05) is 19.1 Å². The van der Waals surface area contributed by atoms with Gasteiger partial charge in [0.15, 0.2) is 0 Å². The molecule has 2 fully saturated rings. The molecule has 0 aromatic heterocycles. The highest BCUT2D eigenvalue weighted by Gasteiger charge is 2.28. The molecule has 0 saturated carbocycles. The van der Waals surface area contributed by atoms with Crippen LogP contribution in [-0.2, 0) is 13.0 Å². The fourth-order valence-electron chi connectivity index (χ4n) is 3.82. The van der Waals surface area contributed by atoms with Gasteiger partial charge in [-0.05, 0) is 62.2 Å². The lowest BCUT2D eigenvalue weighted by atomic mass is 9.89. The van der Waals surface area contributed by atoms with Crippen LogP contribution in [0.2, 0.25) is 0 Å². The van der Waals surface area contributed by atoms with E-state index in [1.165, 1.54) is 56.4 Å². The summed E-state index contributed by atoms with van der Waals surface area (Å²) >= 11 is 0. The second-order valence-corrected chi connectivity index (χ2v) is 6.51. The van der Waals surface area contributed by atoms with Crippen LogP contribution in [0, 0.1) is 5.92 Å². The van der Waals surface area contributed by atoms with E-state index >= 15 is 0 Å². The molecule has 2 nitrogen and oxygen atoms in total. The first-order chi connectivity index (χ1) is 9.85. The summed E-state index contributed by atoms with van der Waals surface area (Å²) in [7, 11) is 0. The number of nitrogens with one attached hydrogen (secondary N) is 1. The van der Waals surface area contributed by atoms with Crippen molar-refractivity contribution < 1.29 is 0 Å². The topological polar surface area (TPSA) is 15.3 Å². The molecule has 0 spiro atoms. The molecule has 20 heavy (non-hydrogen) atoms. The number of hydrogen-bond acceptors (Lipinski definition) is 2. The predicted octanol–water partition coefficient (Wildman–Crippen LogP) is 3.21. The van der Waals surface area contributed by atoms with E-state index in [-0.39, 0.29) is 0 Å². The Kier molecular flexibility index (Phi) is 4.74. The van der Waals surface area contributed by atoms with E-state index in [9.17, 15) is 0 Å². The van der Waals surface area contributed by atoms with Gasteiger partial charge in [0.25, 0.3) is 0 Å². The Morgan fingerprint density at radius 3 is 2.60 bits per heavy atom. The summed E-state index contributed by atoms with van der Waals surface area (Å²) in [4.78, 5) is 2.66. The second-order valence-electron chi connectivity index (χ2n) is 6.51. The van der Waals surface area contributed by atoms with Gasteiger partial charge in [0.2, 0.25) is 0 Å². The van der Waals surface area contributed by atoms with Crippen molar-refractivity contribution in [3.63, 3.8) is 0 Å². The highest BCUT2D eigenvalue weighted by molar-refractivity contribution is 5.22. The molecule has 0 aliphatic carbocycles. The Morgan fingerprint density at radius 2 is 1.90 bits per heavy atom. The zero-order chi connectivity index (χ0) is 13.8. The van der Waals surface area contributed by atoms with E-state index in [0.717, 1.165) is 24.9 Å². The van der Waals surface area contributed by atoms with Crippen LogP contribution in [0.3, 0.4) is 0 Å². The SMILES string of the molecule is CCc1ccc(CN2CCCC(C3CCCN3)C2)cc1. The minimum absolute atomic E-state index is 0.792. The summed E-state index contributed by atoms with van der Waals surface area (Å²) in [6, 6.07) is 10.00. The fraction of sp³-hybridized carbons (Fsp3) is 0.667. The third-order valence-electron chi connectivity index (χ3n) is 5.05. The van der Waals surface area contributed by atoms with Gasteiger partial charge < -0.3 is 5.32 Å². The number of hydrogen-bond donors (Lipinski definition) is 1. The third kappa shape index (κ3) is 3.42. The molecule has 2 aliphatic rings. The summed E-state index contributed by atoms with van der Waals surface area (Å²) in [6.45, 7) is 7.15. The molecule has 0 bridgehead atoms. The van der Waals surface area contributed by atoms with Crippen molar-refractivity contribution in [3.8, 4) is 0 Å². The normalized spacial score (nSPS) is 27.9. The van der Waals surface area contributed by atoms with Crippen LogP contribution in [0.4, 0.5) is 0 Å². The summed E-state index contributed by atoms with van der Waals surface area (Å²) in [6.07, 6.45) is 6.70. The molecule has 0 radical (unpaired) electrons. The van der Waals surface area contributed by atoms with Gasteiger partial charge in [0.1, 0.15) is 0 Å². The number of piperidine rings is 1. The maximum Gasteiger partial charge on any atom is 0.0233 e. The number of nitrogens with zero attached hydrogens (tertiary/aromatic N) is 1. The minimum Gasteiger partial charge on any atom is -0.314 e. The highest BCUT2D eigenvalue weighted by Crippen LogP contribution is 2.25. The van der Waals surface area contributed by atoms with Crippen LogP contribution in [0.25, 0.3) is 0 Å². The lowest BCUT2D eigenvalue weighted by Crippen LogP contribution is -2.43. The molecule has 1 aromatic carbocycles. The zero-order valence-corrected chi connectivity index (χ0v) is 12.8. The molecular weight excluding hydrogens is 244 g/mol. The van der Waals surface area contributed by atoms with Gasteiger partial charge in [-0.3, -0.25) is 4.90 Å². The first-order valence-electron chi connectivity index (χ1n) is 8.38. The lowest BCUT2D eigenvalue weighted by Gasteiger charge is -2.35. The van der Waals surface area contributed by atoms with E-state index in [4.69, 9.17) is 0 Å². The van der Waals surface area contributed by atoms with Crippen molar-refractivity contribution in [2.45, 2.75) is 51.6 Å². The van der Waals surface area contributed by atoms with Crippen LogP contribution < -0.4 is 5.32 Å². The molecule has 2 atom stereocenters. The van der Waals surface area contributed by atoms with Crippen LogP contribution >= 0.6 is 0 Å². The number of benzene rings is 1. The molecule has 110 valence electrons. The molecule has 2 heterocycles. The van der Waals surface area contributed by atoms with Crippen LogP contribution in [0.5, 0.6) is 0 Å². The molecule has 1 N–H and O–H groups in total. The number of rotatable bonds is 4. The Balaban J connectivity index is 1.56. The van der Waals surface area contributed by atoms with E-state index in [0.29, 0.717) is 0 Å². The highest BCUT2D eigenvalue weighted by atomic mass is 15.1. The van der Waals surface area contributed by atoms with Gasteiger partial charge >= 0.3 is 0 Å². The fourth-order valence-corrected chi connectivity index (χ4v) is 3.82. The minimum atomic E-state index is 0.792. The van der Waals surface area contributed by atoms with Gasteiger partial charge in [-0.2, -0.15) is 0 Å². The smallest absolute Gasteiger partial charge is 0.0233 e. The molecule has 1 aromatic rings. The van der Waals surface area contributed by atoms with Crippen molar-refractivity contribution in [1.82, 2.24) is 10.2 Å². The molecule has 2 heteroatoms. The first-order valence-corrected chi connectivity index (χ1v) is 8.38. The van der Waals surface area contributed by atoms with Gasteiger partial charge in [-0.15, -0.1) is 0 Å². The Labute approximate surface area is 123 Å². The summed E-state index contributed by atoms with van der Waals surface area (Å²) in [5, 5.41) is 3.70. The van der Waals surface area contributed by atoms with Crippen LogP contribution in [-0.4, -0.2) is 30.6 Å². The van der Waals surface area contributed by atoms with Crippen molar-refractivity contribution in [3.05, 3.63) is 35.4 Å². The van der Waals surface area contributed by atoms with Gasteiger partial charge in [-0.25, -0.2) is 0 Å². The van der Waals surface area contributed by atoms with Gasteiger partial charge in [-0.1, -0.05) is 31.2 Å². The van der Waals surface area contributed by atoms with Crippen molar-refractivity contribution >= 4 is 0 Å². The first kappa shape index (κ1) is 14.1. The van der Waals surface area contributed by atoms with E-state index in [1.807, 2.05) is 0 Å². The molecule has 2 aliphatic heterocycles.